The molecule has 1 aliphatic rings. The lowest BCUT2D eigenvalue weighted by Gasteiger charge is -2.28. The van der Waals surface area contributed by atoms with E-state index in [2.05, 4.69) is 22.6 Å². The van der Waals surface area contributed by atoms with Gasteiger partial charge in [0.05, 0.1) is 0 Å². The Bertz CT molecular complexity index is 418. The van der Waals surface area contributed by atoms with Crippen molar-refractivity contribution in [1.29, 1.82) is 0 Å². The van der Waals surface area contributed by atoms with E-state index in [-0.39, 0.29) is 15.7 Å². The van der Waals surface area contributed by atoms with E-state index in [0.717, 1.165) is 12.0 Å². The van der Waals surface area contributed by atoms with Crippen LogP contribution in [0, 0.1) is 5.82 Å². The van der Waals surface area contributed by atoms with Crippen molar-refractivity contribution in [2.45, 2.75) is 36.7 Å². The van der Waals surface area contributed by atoms with Gasteiger partial charge in [0.25, 0.3) is 0 Å². The first-order valence-electron chi connectivity index (χ1n) is 5.27. The molecule has 1 heterocycles. The van der Waals surface area contributed by atoms with E-state index in [0.29, 0.717) is 5.56 Å². The quantitative estimate of drug-likeness (QED) is 0.442. The van der Waals surface area contributed by atoms with Crippen LogP contribution in [0.5, 0.6) is 5.75 Å². The Kier molecular flexibility index (Phi) is 3.13. The van der Waals surface area contributed by atoms with E-state index in [1.807, 2.05) is 26.8 Å². The van der Waals surface area contributed by atoms with Crippen molar-refractivity contribution in [3.8, 4) is 5.75 Å². The van der Waals surface area contributed by atoms with Gasteiger partial charge in [0.15, 0.2) is 9.93 Å². The zero-order valence-corrected chi connectivity index (χ0v) is 11.7. The summed E-state index contributed by atoms with van der Waals surface area (Å²) in [5.41, 5.74) is 1.33. The van der Waals surface area contributed by atoms with Crippen molar-refractivity contribution in [1.82, 2.24) is 0 Å². The lowest BCUT2D eigenvalue weighted by atomic mass is 9.81. The van der Waals surface area contributed by atoms with Crippen LogP contribution in [0.4, 0.5) is 4.39 Å². The molecule has 4 heteroatoms. The van der Waals surface area contributed by atoms with Gasteiger partial charge in [-0.05, 0) is 40.6 Å². The SMILES string of the molecule is CCc1ccc2c(F)c1C(C)(C)C(I)OO2. The number of rotatable bonds is 1. The van der Waals surface area contributed by atoms with Gasteiger partial charge in [-0.15, -0.1) is 0 Å². The fraction of sp³-hybridized carbons (Fsp3) is 0.500. The summed E-state index contributed by atoms with van der Waals surface area (Å²) in [4.78, 5) is 10.2. The molecule has 2 rings (SSSR count). The Balaban J connectivity index is 2.69. The maximum absolute atomic E-state index is 14.2. The largest absolute Gasteiger partial charge is 0.333 e. The predicted molar refractivity (Wildman–Crippen MR) is 68.3 cm³/mol. The third kappa shape index (κ3) is 1.72. The lowest BCUT2D eigenvalue weighted by molar-refractivity contribution is -0.223. The van der Waals surface area contributed by atoms with Gasteiger partial charge in [-0.3, -0.25) is 0 Å². The standard InChI is InChI=1S/C12H14FIO2/c1-4-7-5-6-8-10(13)9(7)12(2,3)11(14)16-15-8/h5-6,11H,4H2,1-3H3. The second-order valence-corrected chi connectivity index (χ2v) is 5.61. The summed E-state index contributed by atoms with van der Waals surface area (Å²) in [5, 5.41) is 0. The molecular formula is C12H14FIO2. The van der Waals surface area contributed by atoms with E-state index in [4.69, 9.17) is 9.78 Å². The Labute approximate surface area is 108 Å². The first kappa shape index (κ1) is 12.1. The summed E-state index contributed by atoms with van der Waals surface area (Å²) >= 11 is 2.13. The zero-order chi connectivity index (χ0) is 11.9. The molecule has 0 radical (unpaired) electrons. The monoisotopic (exact) mass is 336 g/mol. The second kappa shape index (κ2) is 4.14. The van der Waals surface area contributed by atoms with Crippen LogP contribution in [-0.2, 0) is 16.7 Å². The lowest BCUT2D eigenvalue weighted by Crippen LogP contribution is -2.32. The molecule has 0 N–H and O–H groups in total. The van der Waals surface area contributed by atoms with Crippen LogP contribution >= 0.6 is 22.6 Å². The van der Waals surface area contributed by atoms with Crippen LogP contribution < -0.4 is 4.89 Å². The molecule has 0 saturated carbocycles. The van der Waals surface area contributed by atoms with Gasteiger partial charge in [0, 0.05) is 11.0 Å². The van der Waals surface area contributed by atoms with Crippen LogP contribution in [0.3, 0.4) is 0 Å². The minimum Gasteiger partial charge on any atom is -0.333 e. The maximum atomic E-state index is 14.2. The van der Waals surface area contributed by atoms with Crippen molar-refractivity contribution >= 4 is 22.6 Å². The van der Waals surface area contributed by atoms with Gasteiger partial charge in [-0.2, -0.15) is 4.89 Å². The second-order valence-electron chi connectivity index (χ2n) is 4.48. The number of benzene rings is 1. The van der Waals surface area contributed by atoms with E-state index in [9.17, 15) is 4.39 Å². The highest BCUT2D eigenvalue weighted by Gasteiger charge is 2.39. The molecule has 0 spiro atoms. The van der Waals surface area contributed by atoms with Gasteiger partial charge in [-0.1, -0.05) is 26.8 Å². The van der Waals surface area contributed by atoms with Gasteiger partial charge in [0.1, 0.15) is 0 Å². The van der Waals surface area contributed by atoms with E-state index >= 15 is 0 Å². The Morgan fingerprint density at radius 3 is 2.75 bits per heavy atom. The molecule has 1 aromatic carbocycles. The topological polar surface area (TPSA) is 18.5 Å². The van der Waals surface area contributed by atoms with Crippen LogP contribution in [0.2, 0.25) is 0 Å². The summed E-state index contributed by atoms with van der Waals surface area (Å²) in [6.45, 7) is 5.97. The molecular weight excluding hydrogens is 322 g/mol. The smallest absolute Gasteiger partial charge is 0.201 e. The van der Waals surface area contributed by atoms with Crippen LogP contribution in [0.15, 0.2) is 12.1 Å². The molecule has 0 saturated heterocycles. The van der Waals surface area contributed by atoms with Gasteiger partial charge in [0.2, 0.25) is 5.75 Å². The number of halogens is 2. The van der Waals surface area contributed by atoms with Crippen molar-refractivity contribution < 1.29 is 14.2 Å². The first-order chi connectivity index (χ1) is 7.48. The summed E-state index contributed by atoms with van der Waals surface area (Å²) in [6.07, 6.45) is 0.805. The molecule has 16 heavy (non-hydrogen) atoms. The number of hydrogen-bond donors (Lipinski definition) is 0. The average molecular weight is 336 g/mol. The van der Waals surface area contributed by atoms with E-state index in [1.165, 1.54) is 0 Å². The molecule has 2 bridgehead atoms. The average Bonchev–Trinajstić information content (AvgIpc) is 2.30. The number of fused-ring (bicyclic) bond motifs is 2. The Hall–Kier alpha value is -0.360. The zero-order valence-electron chi connectivity index (χ0n) is 9.51. The van der Waals surface area contributed by atoms with Crippen molar-refractivity contribution in [2.24, 2.45) is 0 Å². The molecule has 88 valence electrons. The molecule has 0 aliphatic carbocycles. The van der Waals surface area contributed by atoms with Crippen LogP contribution in [0.25, 0.3) is 0 Å². The highest BCUT2D eigenvalue weighted by molar-refractivity contribution is 14.1. The molecule has 0 aromatic heterocycles. The molecule has 1 atom stereocenters. The summed E-state index contributed by atoms with van der Waals surface area (Å²) in [6, 6.07) is 3.54. The van der Waals surface area contributed by atoms with Gasteiger partial charge < -0.3 is 4.89 Å². The van der Waals surface area contributed by atoms with Crippen LogP contribution in [0.1, 0.15) is 31.9 Å². The number of hydrogen-bond acceptors (Lipinski definition) is 2. The third-order valence-electron chi connectivity index (χ3n) is 3.01. The minimum absolute atomic E-state index is 0.180. The van der Waals surface area contributed by atoms with Crippen molar-refractivity contribution in [3.05, 3.63) is 29.1 Å². The molecule has 0 fully saturated rings. The first-order valence-corrected chi connectivity index (χ1v) is 6.52. The van der Waals surface area contributed by atoms with Crippen molar-refractivity contribution in [3.63, 3.8) is 0 Å². The fourth-order valence-electron chi connectivity index (χ4n) is 1.98. The van der Waals surface area contributed by atoms with E-state index in [1.54, 1.807) is 6.07 Å². The van der Waals surface area contributed by atoms with Crippen molar-refractivity contribution in [2.75, 3.05) is 0 Å². The molecule has 2 nitrogen and oxygen atoms in total. The van der Waals surface area contributed by atoms with Crippen LogP contribution in [-0.4, -0.2) is 4.11 Å². The maximum Gasteiger partial charge on any atom is 0.201 e. The van der Waals surface area contributed by atoms with E-state index < -0.39 is 5.41 Å². The Morgan fingerprint density at radius 2 is 2.12 bits per heavy atom. The minimum atomic E-state index is -0.400. The predicted octanol–water partition coefficient (Wildman–Crippen LogP) is 3.75. The van der Waals surface area contributed by atoms with Gasteiger partial charge >= 0.3 is 0 Å². The molecule has 1 aliphatic heterocycles. The molecule has 1 unspecified atom stereocenters. The molecule has 1 aromatic rings. The summed E-state index contributed by atoms with van der Waals surface area (Å²) in [7, 11) is 0. The van der Waals surface area contributed by atoms with Gasteiger partial charge in [-0.25, -0.2) is 4.39 Å². The normalized spacial score (nSPS) is 22.4. The highest BCUT2D eigenvalue weighted by Crippen LogP contribution is 2.42. The fourth-order valence-corrected chi connectivity index (χ4v) is 2.40. The number of aryl methyl sites for hydroxylation is 1. The number of alkyl halides is 1. The Morgan fingerprint density at radius 1 is 1.44 bits per heavy atom. The summed E-state index contributed by atoms with van der Waals surface area (Å²) < 4.78 is 14.0. The molecule has 0 amide bonds. The highest BCUT2D eigenvalue weighted by atomic mass is 127. The summed E-state index contributed by atoms with van der Waals surface area (Å²) in [5.74, 6) is -0.108. The third-order valence-corrected chi connectivity index (χ3v) is 4.77.